The number of carbonyl (C=O) groups excluding carboxylic acids is 7. The van der Waals surface area contributed by atoms with E-state index in [0.717, 1.165) is 74.0 Å². The van der Waals surface area contributed by atoms with Gasteiger partial charge in [-0.2, -0.15) is 0 Å². The lowest BCUT2D eigenvalue weighted by molar-refractivity contribution is -0.156. The highest BCUT2D eigenvalue weighted by Crippen LogP contribution is 2.39. The number of likely N-dealkylation sites (N-methyl/N-ethyl adjacent to an activating group) is 2. The predicted molar refractivity (Wildman–Crippen MR) is 314 cm³/mol. The molecule has 2 aromatic heterocycles. The molecule has 2 aromatic rings. The summed E-state index contributed by atoms with van der Waals surface area (Å²) in [6.45, 7) is 26.3. The number of carboxylic acid groups (broad SMARTS) is 1. The fourth-order valence-corrected chi connectivity index (χ4v) is 10.3. The molecular weight excluding hydrogens is 1070 g/mol. The van der Waals surface area contributed by atoms with Gasteiger partial charge in [-0.15, -0.1) is 22.7 Å². The van der Waals surface area contributed by atoms with Gasteiger partial charge in [0.1, 0.15) is 21.8 Å². The van der Waals surface area contributed by atoms with Crippen molar-refractivity contribution in [3.63, 3.8) is 0 Å². The Hall–Kier alpha value is -5.43. The predicted octanol–water partition coefficient (Wildman–Crippen LogP) is 11.7. The Morgan fingerprint density at radius 3 is 1.27 bits per heavy atom. The summed E-state index contributed by atoms with van der Waals surface area (Å²) < 4.78 is 14.8. The topological polar surface area (TPSA) is 197 Å². The van der Waals surface area contributed by atoms with Gasteiger partial charge in [-0.05, 0) is 130 Å². The van der Waals surface area contributed by atoms with Crippen molar-refractivity contribution in [2.24, 2.45) is 46.3 Å². The van der Waals surface area contributed by atoms with Crippen LogP contribution in [0.4, 0.5) is 11.4 Å². The summed E-state index contributed by atoms with van der Waals surface area (Å²) in [5.74, 6) is 9.35. The molecule has 2 fully saturated rings. The molecule has 4 amide bonds. The summed E-state index contributed by atoms with van der Waals surface area (Å²) in [4.78, 5) is 109. The number of ether oxygens (including phenoxy) is 3. The smallest absolute Gasteiger partial charge is 0.353 e. The van der Waals surface area contributed by atoms with Crippen molar-refractivity contribution >= 4 is 93.2 Å². The maximum atomic E-state index is 14.1. The molecule has 1 N–H and O–H groups in total. The van der Waals surface area contributed by atoms with Crippen LogP contribution >= 0.6 is 34.3 Å². The summed E-state index contributed by atoms with van der Waals surface area (Å²) >= 11 is 7.26. The molecular formula is C60H89ClN4O12S2. The lowest BCUT2D eigenvalue weighted by Crippen LogP contribution is -2.51. The van der Waals surface area contributed by atoms with Crippen LogP contribution in [-0.4, -0.2) is 116 Å². The maximum Gasteiger partial charge on any atom is 0.353 e. The van der Waals surface area contributed by atoms with Gasteiger partial charge in [0.2, 0.25) is 30.4 Å². The lowest BCUT2D eigenvalue weighted by atomic mass is 9.82. The van der Waals surface area contributed by atoms with Crippen LogP contribution in [0.15, 0.2) is 12.1 Å². The van der Waals surface area contributed by atoms with E-state index in [-0.39, 0.29) is 85.6 Å². The molecule has 2 atom stereocenters. The Kier molecular flexibility index (Phi) is 28.3. The van der Waals surface area contributed by atoms with Crippen LogP contribution in [0, 0.1) is 70.0 Å². The first-order chi connectivity index (χ1) is 36.7. The number of carbonyl (C=O) groups is 8. The number of anilines is 2. The molecule has 0 spiro atoms. The number of halogens is 1. The minimum absolute atomic E-state index is 0.0446. The third-order valence-electron chi connectivity index (χ3n) is 13.0. The molecule has 440 valence electrons. The summed E-state index contributed by atoms with van der Waals surface area (Å²) in [6.07, 6.45) is 7.52. The molecule has 2 aliphatic carbocycles. The molecule has 0 bridgehead atoms. The average molecular weight is 1160 g/mol. The fourth-order valence-electron chi connectivity index (χ4n) is 8.45. The molecule has 16 nitrogen and oxygen atoms in total. The fraction of sp³-hybridized carbons (Fsp3) is 0.667. The Morgan fingerprint density at radius 1 is 0.608 bits per heavy atom. The van der Waals surface area contributed by atoms with Gasteiger partial charge in [-0.25, -0.2) is 9.59 Å². The van der Waals surface area contributed by atoms with Crippen molar-refractivity contribution < 1.29 is 57.7 Å². The van der Waals surface area contributed by atoms with Crippen molar-refractivity contribution in [1.29, 1.82) is 0 Å². The number of carboxylic acids is 1. The zero-order chi connectivity index (χ0) is 60.3. The van der Waals surface area contributed by atoms with Gasteiger partial charge in [-0.3, -0.25) is 38.6 Å². The van der Waals surface area contributed by atoms with Crippen LogP contribution in [-0.2, 0) is 43.0 Å². The first-order valence-corrected chi connectivity index (χ1v) is 29.6. The quantitative estimate of drug-likeness (QED) is 0.0682. The van der Waals surface area contributed by atoms with E-state index in [1.54, 1.807) is 68.0 Å². The van der Waals surface area contributed by atoms with E-state index in [2.05, 4.69) is 42.3 Å². The number of aromatic carboxylic acids is 1. The number of amides is 4. The Balaban J connectivity index is 0.000000480. The molecule has 79 heavy (non-hydrogen) atoms. The van der Waals surface area contributed by atoms with Crippen molar-refractivity contribution in [3.8, 4) is 23.7 Å². The Morgan fingerprint density at radius 2 is 0.962 bits per heavy atom. The summed E-state index contributed by atoms with van der Waals surface area (Å²) in [5, 5.41) is 9.91. The number of thiophene rings is 2. The second kappa shape index (κ2) is 32.1. The Labute approximate surface area is 484 Å². The number of hydrogen-bond donors (Lipinski definition) is 1. The lowest BCUT2D eigenvalue weighted by Gasteiger charge is -2.36. The highest BCUT2D eigenvalue weighted by atomic mass is 35.5. The normalized spacial score (nSPS) is 17.7. The van der Waals surface area contributed by atoms with Gasteiger partial charge < -0.3 is 29.1 Å². The molecule has 0 aromatic carbocycles. The second-order valence-corrected chi connectivity index (χ2v) is 25.8. The zero-order valence-corrected chi connectivity index (χ0v) is 52.6. The van der Waals surface area contributed by atoms with Crippen LogP contribution < -0.4 is 9.80 Å². The third kappa shape index (κ3) is 22.2. The van der Waals surface area contributed by atoms with E-state index in [0.29, 0.717) is 40.1 Å². The summed E-state index contributed by atoms with van der Waals surface area (Å²) in [5.41, 5.74) is 0.0709. The van der Waals surface area contributed by atoms with Gasteiger partial charge >= 0.3 is 23.9 Å². The number of esters is 3. The molecule has 2 heterocycles. The molecule has 4 rings (SSSR count). The van der Waals surface area contributed by atoms with E-state index >= 15 is 0 Å². The first kappa shape index (κ1) is 69.7. The third-order valence-corrected chi connectivity index (χ3v) is 15.2. The van der Waals surface area contributed by atoms with Crippen molar-refractivity contribution in [2.75, 3.05) is 50.8 Å². The molecule has 0 aliphatic heterocycles. The van der Waals surface area contributed by atoms with Gasteiger partial charge in [0.15, 0.2) is 6.07 Å². The van der Waals surface area contributed by atoms with Crippen molar-refractivity contribution in [3.05, 3.63) is 31.6 Å². The van der Waals surface area contributed by atoms with E-state index in [1.807, 2.05) is 55.4 Å². The number of nitrogens with zero attached hydrogens (tertiary/aromatic N) is 4. The monoisotopic (exact) mass is 1160 g/mol. The van der Waals surface area contributed by atoms with Crippen LogP contribution in [0.5, 0.6) is 0 Å². The molecule has 0 radical (unpaired) electrons. The van der Waals surface area contributed by atoms with Gasteiger partial charge in [0.25, 0.3) is 0 Å². The second-order valence-electron chi connectivity index (χ2n) is 23.5. The molecule has 0 unspecified atom stereocenters. The van der Waals surface area contributed by atoms with E-state index < -0.39 is 36.8 Å². The zero-order valence-electron chi connectivity index (χ0n) is 50.2. The standard InChI is InChI=1S/C30H44N2O6S.C25H36N2O4S.C5H9ClO2/c1-10-23(27(34)31(8)9)32(26(33)21-13-11-20(4)12-14-21)24-17-22(15-16-30(5,6)7)39-25(24)29(36)38-18-37-28(35)19(2)3;1-8-19(23(29)26(6)7)27(22(28)17-11-9-16(2)10-12-17)20-15-18(13-14-25(3,4)5)32-21(20)24(30)31;1-4(2)5(7)8-3-6/h17,19-21,23H,10-14,18H2,1-9H3;15-17,19H,8-12H2,1-7H3,(H,30,31);4H,3H2,1-2H3/t20?,21?,23-;16?,17?,19-;/m00./s1. The number of rotatable bonds is 17. The Bertz CT molecular complexity index is 2530. The van der Waals surface area contributed by atoms with E-state index in [4.69, 9.17) is 21.1 Å². The minimum atomic E-state index is -1.11. The van der Waals surface area contributed by atoms with Crippen molar-refractivity contribution in [1.82, 2.24) is 9.80 Å². The molecule has 2 saturated carbocycles. The van der Waals surface area contributed by atoms with Crippen molar-refractivity contribution in [2.45, 2.75) is 173 Å². The highest BCUT2D eigenvalue weighted by molar-refractivity contribution is 7.15. The highest BCUT2D eigenvalue weighted by Gasteiger charge is 2.41. The van der Waals surface area contributed by atoms with Crippen LogP contribution in [0.2, 0.25) is 0 Å². The SMILES string of the molecule is CC(C)C(=O)OCCl.CC[C@@H](C(=O)N(C)C)N(C(=O)C1CCC(C)CC1)c1cc(C#CC(C)(C)C)sc1C(=O)O.CC[C@@H](C(=O)N(C)C)N(C(=O)C1CCC(C)CC1)c1cc(C#CC(C)(C)C)sc1C(=O)OCOC(=O)C(C)C. The minimum Gasteiger partial charge on any atom is -0.477 e. The van der Waals surface area contributed by atoms with Crippen LogP contribution in [0.25, 0.3) is 0 Å². The molecule has 0 saturated heterocycles. The van der Waals surface area contributed by atoms with Crippen LogP contribution in [0.1, 0.15) is 190 Å². The van der Waals surface area contributed by atoms with Crippen LogP contribution in [0.3, 0.4) is 0 Å². The summed E-state index contributed by atoms with van der Waals surface area (Å²) in [7, 11) is 6.62. The van der Waals surface area contributed by atoms with E-state index in [1.165, 1.54) is 19.6 Å². The average Bonchev–Trinajstić information content (AvgIpc) is 4.08. The van der Waals surface area contributed by atoms with E-state index in [9.17, 15) is 43.5 Å². The summed E-state index contributed by atoms with van der Waals surface area (Å²) in [6, 6.07) is 1.77. The van der Waals surface area contributed by atoms with Gasteiger partial charge in [0, 0.05) is 50.9 Å². The number of alkyl halides is 1. The molecule has 19 heteroatoms. The maximum absolute atomic E-state index is 14.1. The molecule has 2 aliphatic rings. The van der Waals surface area contributed by atoms with Gasteiger partial charge in [-0.1, -0.05) is 90.7 Å². The number of hydrogen-bond acceptors (Lipinski definition) is 13. The first-order valence-electron chi connectivity index (χ1n) is 27.4. The largest absolute Gasteiger partial charge is 0.477 e. The van der Waals surface area contributed by atoms with Gasteiger partial charge in [0.05, 0.1) is 33.0 Å².